The molecule has 7 N–H and O–H groups in total. The molecule has 13 nitrogen and oxygen atoms in total. The molecule has 0 amide bonds. The number of hydrazine groups is 1. The topological polar surface area (TPSA) is 214 Å². The van der Waals surface area contributed by atoms with Gasteiger partial charge in [0, 0.05) is 0 Å². The van der Waals surface area contributed by atoms with Crippen molar-refractivity contribution in [3.63, 3.8) is 0 Å². The minimum Gasteiger partial charge on any atom is -0.311 e. The van der Waals surface area contributed by atoms with Crippen LogP contribution in [-0.2, 0) is 24.5 Å². The Bertz CT molecular complexity index is 1660. The first-order valence-electron chi connectivity index (χ1n) is 7.96. The second kappa shape index (κ2) is 7.41. The largest absolute Gasteiger partial charge is 0.316 e. The molecule has 17 heteroatoms. The lowest BCUT2D eigenvalue weighted by molar-refractivity contribution is 0.333. The molecule has 0 aliphatic rings. The van der Waals surface area contributed by atoms with Gasteiger partial charge in [-0.05, 0) is 24.3 Å². The van der Waals surface area contributed by atoms with Gasteiger partial charge in [-0.2, -0.15) is 27.0 Å². The zero-order valence-corrected chi connectivity index (χ0v) is 18.1. The highest BCUT2D eigenvalue weighted by Crippen LogP contribution is 2.33. The maximum Gasteiger partial charge on any atom is 0.316 e. The molecular weight excluding hydrogens is 494 g/mol. The van der Waals surface area contributed by atoms with E-state index < -0.39 is 39.8 Å². The van der Waals surface area contributed by atoms with Crippen molar-refractivity contribution in [3.8, 4) is 0 Å². The molecule has 164 valence electrons. The quantitative estimate of drug-likeness (QED) is 0.159. The van der Waals surface area contributed by atoms with Crippen molar-refractivity contribution in [2.45, 2.75) is 9.79 Å². The Kier molecular flexibility index (Phi) is 5.12. The number of hydrogen-bond acceptors (Lipinski definition) is 12. The first kappa shape index (κ1) is 21.4. The van der Waals surface area contributed by atoms with Crippen LogP contribution in [0.5, 0.6) is 0 Å². The predicted octanol–water partition coefficient (Wildman–Crippen LogP) is 0.757. The second-order valence-corrected chi connectivity index (χ2v) is 10.8. The Morgan fingerprint density at radius 2 is 1.29 bits per heavy atom. The third-order valence-corrected chi connectivity index (χ3v) is 7.88. The van der Waals surface area contributed by atoms with Crippen LogP contribution in [0.3, 0.4) is 0 Å². The fourth-order valence-corrected chi connectivity index (χ4v) is 6.23. The molecule has 2 aromatic heterocycles. The Morgan fingerprint density at radius 3 is 1.74 bits per heavy atom. The van der Waals surface area contributed by atoms with Crippen molar-refractivity contribution in [3.05, 3.63) is 43.6 Å². The number of nitrogens with two attached hydrogens (primary N) is 1. The summed E-state index contributed by atoms with van der Waals surface area (Å²) in [5.41, 5.74) is 4.46. The van der Waals surface area contributed by atoms with Gasteiger partial charge < -0.3 is 9.97 Å². The van der Waals surface area contributed by atoms with Crippen molar-refractivity contribution in [2.24, 2.45) is 5.90 Å². The Morgan fingerprint density at radius 1 is 0.839 bits per heavy atom. The molecule has 0 aliphatic carbocycles. The molecule has 0 aliphatic heterocycles. The number of aromatic amines is 2. The predicted molar refractivity (Wildman–Crippen MR) is 114 cm³/mol. The molecule has 0 radical (unpaired) electrons. The number of rotatable bonds is 6. The second-order valence-electron chi connectivity index (χ2n) is 5.94. The maximum atomic E-state index is 12.4. The van der Waals surface area contributed by atoms with Gasteiger partial charge in [0.15, 0.2) is 0 Å². The molecule has 0 spiro atoms. The lowest BCUT2D eigenvalue weighted by atomic mass is 10.3. The molecular formula is C14H11N5O8S4. The van der Waals surface area contributed by atoms with E-state index >= 15 is 0 Å². The van der Waals surface area contributed by atoms with Gasteiger partial charge >= 0.3 is 19.9 Å². The Balaban J connectivity index is 1.86. The van der Waals surface area contributed by atoms with Crippen LogP contribution in [0.15, 0.2) is 43.6 Å². The zero-order valence-electron chi connectivity index (χ0n) is 14.8. The molecule has 0 saturated heterocycles. The number of aromatic nitrogens is 2. The zero-order chi connectivity index (χ0) is 22.6. The van der Waals surface area contributed by atoms with Crippen molar-refractivity contribution in [2.75, 3.05) is 10.9 Å². The summed E-state index contributed by atoms with van der Waals surface area (Å²) in [7, 11) is -9.32. The van der Waals surface area contributed by atoms with E-state index in [9.17, 15) is 31.0 Å². The molecule has 2 aromatic carbocycles. The Hall–Kier alpha value is -2.80. The normalized spacial score (nSPS) is 12.5. The average Bonchev–Trinajstić information content (AvgIpc) is 3.24. The van der Waals surface area contributed by atoms with Gasteiger partial charge in [0.25, 0.3) is 10.1 Å². The summed E-state index contributed by atoms with van der Waals surface area (Å²) in [6.45, 7) is 0. The van der Waals surface area contributed by atoms with Crippen LogP contribution in [-0.4, -0.2) is 31.4 Å². The lowest BCUT2D eigenvalue weighted by Crippen LogP contribution is -2.18. The summed E-state index contributed by atoms with van der Waals surface area (Å²) in [6, 6.07) is 5.43. The fraction of sp³-hybridized carbons (Fsp3) is 0. The number of nitrogens with one attached hydrogen (secondary N) is 4. The summed E-state index contributed by atoms with van der Waals surface area (Å²) in [4.78, 5) is 25.8. The number of hydrogen-bond donors (Lipinski definition) is 6. The molecule has 0 fully saturated rings. The van der Waals surface area contributed by atoms with Gasteiger partial charge in [-0.25, -0.2) is 0 Å². The van der Waals surface area contributed by atoms with E-state index in [4.69, 9.17) is 5.90 Å². The number of benzene rings is 2. The van der Waals surface area contributed by atoms with E-state index in [2.05, 4.69) is 25.1 Å². The van der Waals surface area contributed by atoms with Crippen LogP contribution in [0, 0.1) is 0 Å². The van der Waals surface area contributed by atoms with Crippen molar-refractivity contribution < 1.29 is 25.7 Å². The molecule has 0 unspecified atom stereocenters. The standard InChI is InChI=1S/C14H11N5O8S4/c15-27-31(25,26)12-6(2-4-8-10(12)17-14(21)29-8)19-18-5-1-3-7-9(16-13(20)28-7)11(5)30(22,23)24/h1-4,18-19H,15H2,(H,16,20)(H,17,21)(H,22,23,24). The van der Waals surface area contributed by atoms with Gasteiger partial charge in [0.1, 0.15) is 9.79 Å². The van der Waals surface area contributed by atoms with Crippen molar-refractivity contribution in [1.82, 2.24) is 9.97 Å². The monoisotopic (exact) mass is 505 g/mol. The molecule has 0 atom stereocenters. The molecule has 0 saturated carbocycles. The summed E-state index contributed by atoms with van der Waals surface area (Å²) in [5.74, 6) is 4.89. The number of H-pyrrole nitrogens is 2. The lowest BCUT2D eigenvalue weighted by Gasteiger charge is -2.15. The summed E-state index contributed by atoms with van der Waals surface area (Å²) in [6.07, 6.45) is 0. The van der Waals surface area contributed by atoms with E-state index in [1.54, 1.807) is 0 Å². The van der Waals surface area contributed by atoms with Crippen molar-refractivity contribution >= 4 is 74.7 Å². The van der Waals surface area contributed by atoms with E-state index in [1.807, 2.05) is 0 Å². The van der Waals surface area contributed by atoms with Crippen molar-refractivity contribution in [1.29, 1.82) is 0 Å². The first-order valence-corrected chi connectivity index (χ1v) is 12.4. The third-order valence-electron chi connectivity index (χ3n) is 4.06. The average molecular weight is 506 g/mol. The maximum absolute atomic E-state index is 12.4. The van der Waals surface area contributed by atoms with Crippen LogP contribution in [0.2, 0.25) is 0 Å². The van der Waals surface area contributed by atoms with Gasteiger partial charge in [0.2, 0.25) is 0 Å². The van der Waals surface area contributed by atoms with Crippen LogP contribution in [0.1, 0.15) is 0 Å². The Labute approximate surface area is 180 Å². The highest BCUT2D eigenvalue weighted by molar-refractivity contribution is 7.87. The third kappa shape index (κ3) is 3.82. The summed E-state index contributed by atoms with van der Waals surface area (Å²) in [5, 5.41) is 0. The molecule has 4 aromatic rings. The van der Waals surface area contributed by atoms with E-state index in [1.165, 1.54) is 24.3 Å². The van der Waals surface area contributed by atoms with E-state index in [0.717, 1.165) is 22.7 Å². The van der Waals surface area contributed by atoms with Gasteiger partial charge in [0.05, 0.1) is 31.8 Å². The van der Waals surface area contributed by atoms with Crippen LogP contribution >= 0.6 is 22.7 Å². The van der Waals surface area contributed by atoms with Gasteiger partial charge in [-0.15, -0.1) is 0 Å². The smallest absolute Gasteiger partial charge is 0.311 e. The number of thiazole rings is 2. The highest BCUT2D eigenvalue weighted by Gasteiger charge is 2.26. The minimum atomic E-state index is -4.80. The summed E-state index contributed by atoms with van der Waals surface area (Å²) >= 11 is 1.50. The van der Waals surface area contributed by atoms with Gasteiger partial charge in [-0.3, -0.25) is 25.0 Å². The SMILES string of the molecule is NOS(=O)(=O)c1c(NNc2ccc3sc(=O)[nH]c3c2S(=O)(=O)O)ccc2sc(=O)[nH]c12. The first-order chi connectivity index (χ1) is 14.5. The number of anilines is 2. The fourth-order valence-electron chi connectivity index (χ4n) is 2.90. The number of fused-ring (bicyclic) bond motifs is 2. The summed E-state index contributed by atoms with van der Waals surface area (Å²) < 4.78 is 62.9. The van der Waals surface area contributed by atoms with Gasteiger partial charge in [-0.1, -0.05) is 22.7 Å². The molecule has 0 bridgehead atoms. The van der Waals surface area contributed by atoms with Crippen LogP contribution in [0.25, 0.3) is 20.4 Å². The molecule has 2 heterocycles. The van der Waals surface area contributed by atoms with Crippen LogP contribution in [0.4, 0.5) is 11.4 Å². The van der Waals surface area contributed by atoms with E-state index in [-0.39, 0.29) is 27.1 Å². The molecule has 4 rings (SSSR count). The molecule has 31 heavy (non-hydrogen) atoms. The minimum absolute atomic E-state index is 0.0696. The highest BCUT2D eigenvalue weighted by atomic mass is 32.2. The van der Waals surface area contributed by atoms with Crippen LogP contribution < -0.4 is 26.5 Å². The van der Waals surface area contributed by atoms with E-state index in [0.29, 0.717) is 4.70 Å².